The van der Waals surface area contributed by atoms with E-state index in [1.807, 2.05) is 60.7 Å². The normalized spacial score (nSPS) is 15.6. The summed E-state index contributed by atoms with van der Waals surface area (Å²) in [4.78, 5) is 33.2. The summed E-state index contributed by atoms with van der Waals surface area (Å²) < 4.78 is 19.1. The number of amides is 1. The Morgan fingerprint density at radius 1 is 1.00 bits per heavy atom. The van der Waals surface area contributed by atoms with Crippen molar-refractivity contribution < 1.29 is 19.0 Å². The molecule has 44 heavy (non-hydrogen) atoms. The van der Waals surface area contributed by atoms with Gasteiger partial charge in [0.25, 0.3) is 11.5 Å². The van der Waals surface area contributed by atoms with Gasteiger partial charge in [0.05, 0.1) is 55.1 Å². The number of hydrogen-bond donors (Lipinski definition) is 0. The van der Waals surface area contributed by atoms with E-state index in [9.17, 15) is 9.59 Å². The van der Waals surface area contributed by atoms with Crippen molar-refractivity contribution in [2.75, 3.05) is 32.8 Å². The molecule has 0 N–H and O–H groups in total. The second kappa shape index (κ2) is 13.1. The van der Waals surface area contributed by atoms with Gasteiger partial charge in [-0.3, -0.25) is 14.2 Å². The maximum atomic E-state index is 14.0. The number of aryl methyl sites for hydroxylation is 1. The standard InChI is InChI=1S/C32H29BrN4O5S2/c1-40-26-7-5-4-6-24(26)36-31(39)30-22(14-15-43-30)34-32(36)44-18-29(38)37-25(20-10-13-27(41-2)28(16-20)42-3)17-23(35-37)19-8-11-21(33)12-9-19/h4-13,16,25H,14-15,17-18H2,1-3H3. The number of nitrogens with zero attached hydrogens (tertiary/aromatic N) is 4. The van der Waals surface area contributed by atoms with Crippen molar-refractivity contribution in [2.45, 2.75) is 28.9 Å². The average Bonchev–Trinajstić information content (AvgIpc) is 3.72. The fraction of sp³-hybridized carbons (Fsp3) is 0.250. The average molecular weight is 694 g/mol. The van der Waals surface area contributed by atoms with E-state index < -0.39 is 0 Å². The van der Waals surface area contributed by atoms with E-state index in [0.717, 1.165) is 32.8 Å². The Labute approximate surface area is 271 Å². The van der Waals surface area contributed by atoms with Gasteiger partial charge < -0.3 is 14.2 Å². The number of aromatic nitrogens is 2. The summed E-state index contributed by atoms with van der Waals surface area (Å²) in [7, 11) is 4.74. The molecule has 1 atom stereocenters. The van der Waals surface area contributed by atoms with E-state index in [0.29, 0.717) is 45.8 Å². The number of hydrogen-bond acceptors (Lipinski definition) is 9. The van der Waals surface area contributed by atoms with Crippen LogP contribution < -0.4 is 19.8 Å². The number of para-hydroxylation sites is 2. The molecule has 0 saturated heterocycles. The van der Waals surface area contributed by atoms with E-state index >= 15 is 0 Å². The molecule has 3 aromatic carbocycles. The van der Waals surface area contributed by atoms with Gasteiger partial charge in [0.1, 0.15) is 5.75 Å². The van der Waals surface area contributed by atoms with Crippen molar-refractivity contribution in [3.8, 4) is 22.9 Å². The number of methoxy groups -OCH3 is 3. The minimum atomic E-state index is -0.359. The monoisotopic (exact) mass is 692 g/mol. The first-order valence-electron chi connectivity index (χ1n) is 13.8. The lowest BCUT2D eigenvalue weighted by Crippen LogP contribution is -2.29. The molecule has 3 heterocycles. The van der Waals surface area contributed by atoms with Crippen LogP contribution in [0, 0.1) is 0 Å². The summed E-state index contributed by atoms with van der Waals surface area (Å²) in [6.45, 7) is 0. The van der Waals surface area contributed by atoms with Gasteiger partial charge in [0, 0.05) is 23.1 Å². The predicted molar refractivity (Wildman–Crippen MR) is 176 cm³/mol. The van der Waals surface area contributed by atoms with Crippen LogP contribution >= 0.6 is 39.5 Å². The molecule has 2 aliphatic rings. The SMILES string of the molecule is COc1ccc(C2CC(c3ccc(Br)cc3)=NN2C(=O)CSc2nc3c(c(=O)n2-c2ccccc2OC)SCC3)cc1OC. The van der Waals surface area contributed by atoms with Gasteiger partial charge in [-0.05, 0) is 47.5 Å². The highest BCUT2D eigenvalue weighted by Crippen LogP contribution is 2.38. The van der Waals surface area contributed by atoms with Crippen LogP contribution in [0.1, 0.15) is 29.3 Å². The number of carbonyl (C=O) groups excluding carboxylic acids is 1. The van der Waals surface area contributed by atoms with Crippen molar-refractivity contribution in [2.24, 2.45) is 5.10 Å². The van der Waals surface area contributed by atoms with Gasteiger partial charge in [0.15, 0.2) is 16.7 Å². The first kappa shape index (κ1) is 30.3. The Kier molecular flexibility index (Phi) is 9.01. The Morgan fingerprint density at radius 2 is 1.75 bits per heavy atom. The van der Waals surface area contributed by atoms with Crippen LogP contribution in [-0.2, 0) is 11.2 Å². The summed E-state index contributed by atoms with van der Waals surface area (Å²) in [6, 6.07) is 20.5. The van der Waals surface area contributed by atoms with Gasteiger partial charge in [0.2, 0.25) is 0 Å². The molecule has 226 valence electrons. The maximum Gasteiger partial charge on any atom is 0.272 e. The largest absolute Gasteiger partial charge is 0.495 e. The molecule has 1 unspecified atom stereocenters. The predicted octanol–water partition coefficient (Wildman–Crippen LogP) is 6.14. The van der Waals surface area contributed by atoms with Crippen molar-refractivity contribution in [1.29, 1.82) is 0 Å². The zero-order chi connectivity index (χ0) is 30.8. The molecule has 0 fully saturated rings. The fourth-order valence-electron chi connectivity index (χ4n) is 5.29. The summed E-state index contributed by atoms with van der Waals surface area (Å²) in [5.41, 5.74) is 3.80. The fourth-order valence-corrected chi connectivity index (χ4v) is 7.45. The molecular formula is C32H29BrN4O5S2. The van der Waals surface area contributed by atoms with Gasteiger partial charge in [-0.25, -0.2) is 9.99 Å². The van der Waals surface area contributed by atoms with Gasteiger partial charge in [-0.2, -0.15) is 5.10 Å². The zero-order valence-corrected chi connectivity index (χ0v) is 27.5. The molecule has 0 radical (unpaired) electrons. The molecule has 1 amide bonds. The van der Waals surface area contributed by atoms with Gasteiger partial charge >= 0.3 is 0 Å². The molecule has 2 aliphatic heterocycles. The highest BCUT2D eigenvalue weighted by molar-refractivity contribution is 9.10. The van der Waals surface area contributed by atoms with Crippen LogP contribution in [-0.4, -0.2) is 59.0 Å². The number of halogens is 1. The summed E-state index contributed by atoms with van der Waals surface area (Å²) >= 11 is 6.23. The second-order valence-electron chi connectivity index (χ2n) is 10.00. The number of fused-ring (bicyclic) bond motifs is 1. The van der Waals surface area contributed by atoms with E-state index in [2.05, 4.69) is 15.9 Å². The minimum Gasteiger partial charge on any atom is -0.495 e. The van der Waals surface area contributed by atoms with Gasteiger partial charge in [-0.1, -0.05) is 58.0 Å². The molecule has 12 heteroatoms. The Balaban J connectivity index is 1.35. The van der Waals surface area contributed by atoms with E-state index in [1.54, 1.807) is 37.0 Å². The second-order valence-corrected chi connectivity index (χ2v) is 13.0. The third-order valence-corrected chi connectivity index (χ3v) is 10.0. The van der Waals surface area contributed by atoms with E-state index in [1.165, 1.54) is 23.5 Å². The molecular weight excluding hydrogens is 664 g/mol. The minimum absolute atomic E-state index is 0.0222. The summed E-state index contributed by atoms with van der Waals surface area (Å²) in [5, 5.41) is 6.81. The molecule has 0 saturated carbocycles. The molecule has 0 bridgehead atoms. The number of carbonyl (C=O) groups is 1. The van der Waals surface area contributed by atoms with Gasteiger partial charge in [-0.15, -0.1) is 11.8 Å². The van der Waals surface area contributed by atoms with Crippen LogP contribution in [0.4, 0.5) is 0 Å². The molecule has 6 rings (SSSR count). The Hall–Kier alpha value is -3.74. The van der Waals surface area contributed by atoms with Crippen molar-refractivity contribution in [1.82, 2.24) is 14.6 Å². The highest BCUT2D eigenvalue weighted by Gasteiger charge is 2.34. The highest BCUT2D eigenvalue weighted by atomic mass is 79.9. The first-order chi connectivity index (χ1) is 21.4. The van der Waals surface area contributed by atoms with E-state index in [-0.39, 0.29) is 23.3 Å². The lowest BCUT2D eigenvalue weighted by Gasteiger charge is -2.23. The quantitative estimate of drug-likeness (QED) is 0.153. The number of ether oxygens (including phenoxy) is 3. The number of thioether (sulfide) groups is 2. The number of rotatable bonds is 9. The number of hydrazone groups is 1. The Bertz CT molecular complexity index is 1810. The van der Waals surface area contributed by atoms with Crippen LogP contribution in [0.5, 0.6) is 17.2 Å². The topological polar surface area (TPSA) is 95.2 Å². The van der Waals surface area contributed by atoms with Crippen LogP contribution in [0.3, 0.4) is 0 Å². The smallest absolute Gasteiger partial charge is 0.272 e. The lowest BCUT2D eigenvalue weighted by atomic mass is 9.98. The van der Waals surface area contributed by atoms with Crippen LogP contribution in [0.25, 0.3) is 5.69 Å². The molecule has 0 aliphatic carbocycles. The maximum absolute atomic E-state index is 14.0. The van der Waals surface area contributed by atoms with Crippen molar-refractivity contribution >= 4 is 51.1 Å². The van der Waals surface area contributed by atoms with Crippen molar-refractivity contribution in [3.63, 3.8) is 0 Å². The molecule has 4 aromatic rings. The zero-order valence-electron chi connectivity index (χ0n) is 24.3. The first-order valence-corrected chi connectivity index (χ1v) is 16.6. The third-order valence-electron chi connectivity index (χ3n) is 7.45. The number of benzene rings is 3. The van der Waals surface area contributed by atoms with Crippen LogP contribution in [0.2, 0.25) is 0 Å². The summed E-state index contributed by atoms with van der Waals surface area (Å²) in [5.74, 6) is 2.33. The van der Waals surface area contributed by atoms with E-state index in [4.69, 9.17) is 24.3 Å². The lowest BCUT2D eigenvalue weighted by molar-refractivity contribution is -0.130. The Morgan fingerprint density at radius 3 is 2.50 bits per heavy atom. The van der Waals surface area contributed by atoms with Crippen LogP contribution in [0.15, 0.2) is 91.2 Å². The molecule has 9 nitrogen and oxygen atoms in total. The summed E-state index contributed by atoms with van der Waals surface area (Å²) in [6.07, 6.45) is 1.23. The van der Waals surface area contributed by atoms with Crippen molar-refractivity contribution in [3.05, 3.63) is 98.4 Å². The molecule has 1 aromatic heterocycles. The molecule has 0 spiro atoms. The third kappa shape index (κ3) is 5.85.